The molecule has 4 heteroatoms. The summed E-state index contributed by atoms with van der Waals surface area (Å²) in [4.78, 5) is 6.89. The maximum atomic E-state index is 9.48. The Bertz CT molecular complexity index is 753. The summed E-state index contributed by atoms with van der Waals surface area (Å²) in [7, 11) is 1.62. The first-order valence-corrected chi connectivity index (χ1v) is 8.27. The maximum Gasteiger partial charge on any atom is 0.128 e. The molecular formula is C20H21N3O. The zero-order valence-corrected chi connectivity index (χ0v) is 13.9. The molecule has 0 spiro atoms. The molecule has 1 aromatic carbocycles. The van der Waals surface area contributed by atoms with Crippen molar-refractivity contribution >= 4 is 17.5 Å². The average molecular weight is 319 g/mol. The largest absolute Gasteiger partial charge is 0.497 e. The van der Waals surface area contributed by atoms with E-state index in [4.69, 9.17) is 4.74 Å². The number of aromatic nitrogens is 1. The van der Waals surface area contributed by atoms with E-state index >= 15 is 0 Å². The van der Waals surface area contributed by atoms with Gasteiger partial charge in [-0.3, -0.25) is 0 Å². The number of anilines is 1. The molecule has 0 N–H and O–H groups in total. The second-order valence-electron chi connectivity index (χ2n) is 5.90. The fraction of sp³-hybridized carbons (Fsp3) is 0.300. The Labute approximate surface area is 143 Å². The number of nitriles is 1. The van der Waals surface area contributed by atoms with E-state index in [1.54, 1.807) is 7.11 Å². The van der Waals surface area contributed by atoms with E-state index in [9.17, 15) is 5.26 Å². The van der Waals surface area contributed by atoms with Crippen molar-refractivity contribution < 1.29 is 4.74 Å². The highest BCUT2D eigenvalue weighted by atomic mass is 16.5. The molecule has 0 amide bonds. The Morgan fingerprint density at radius 1 is 1.21 bits per heavy atom. The second-order valence-corrected chi connectivity index (χ2v) is 5.90. The van der Waals surface area contributed by atoms with Gasteiger partial charge in [-0.2, -0.15) is 5.26 Å². The normalized spacial score (nSPS) is 15.0. The van der Waals surface area contributed by atoms with Crippen LogP contribution in [0.15, 0.2) is 42.6 Å². The van der Waals surface area contributed by atoms with E-state index in [1.165, 1.54) is 19.3 Å². The summed E-state index contributed by atoms with van der Waals surface area (Å²) in [6.07, 6.45) is 7.47. The van der Waals surface area contributed by atoms with Gasteiger partial charge in [0.2, 0.25) is 0 Å². The van der Waals surface area contributed by atoms with Crippen molar-refractivity contribution in [2.75, 3.05) is 25.1 Å². The lowest BCUT2D eigenvalue weighted by Gasteiger charge is -2.27. The van der Waals surface area contributed by atoms with Crippen LogP contribution in [-0.4, -0.2) is 25.2 Å². The number of benzene rings is 1. The van der Waals surface area contributed by atoms with Crippen LogP contribution in [0.3, 0.4) is 0 Å². The highest BCUT2D eigenvalue weighted by Gasteiger charge is 2.11. The van der Waals surface area contributed by atoms with E-state index in [2.05, 4.69) is 16.0 Å². The molecule has 122 valence electrons. The van der Waals surface area contributed by atoms with Gasteiger partial charge >= 0.3 is 0 Å². The number of allylic oxidation sites excluding steroid dienone is 1. The Morgan fingerprint density at radius 3 is 2.71 bits per heavy atom. The standard InChI is InChI=1S/C20H21N3O/c1-24-19-7-5-6-17(13-19)18(14-21)12-16-8-9-20(22-15-16)23-10-3-2-4-11-23/h5-9,12-13,15H,2-4,10-11H2,1H3/b18-12+. The molecule has 4 nitrogen and oxygen atoms in total. The molecule has 0 atom stereocenters. The van der Waals surface area contributed by atoms with Gasteiger partial charge in [0, 0.05) is 19.3 Å². The number of rotatable bonds is 4. The molecule has 0 aliphatic carbocycles. The summed E-state index contributed by atoms with van der Waals surface area (Å²) in [5.41, 5.74) is 2.37. The third-order valence-electron chi connectivity index (χ3n) is 4.26. The van der Waals surface area contributed by atoms with Crippen molar-refractivity contribution in [2.45, 2.75) is 19.3 Å². The van der Waals surface area contributed by atoms with Gasteiger partial charge in [-0.15, -0.1) is 0 Å². The van der Waals surface area contributed by atoms with Gasteiger partial charge in [0.15, 0.2) is 0 Å². The maximum absolute atomic E-state index is 9.48. The number of ether oxygens (including phenoxy) is 1. The number of piperidine rings is 1. The van der Waals surface area contributed by atoms with Gasteiger partial charge in [-0.25, -0.2) is 4.98 Å². The SMILES string of the molecule is COc1cccc(/C(C#N)=C/c2ccc(N3CCCCC3)nc2)c1. The van der Waals surface area contributed by atoms with Gasteiger partial charge < -0.3 is 9.64 Å². The first kappa shape index (κ1) is 16.1. The van der Waals surface area contributed by atoms with Crippen LogP contribution in [-0.2, 0) is 0 Å². The minimum atomic E-state index is 0.599. The highest BCUT2D eigenvalue weighted by Crippen LogP contribution is 2.23. The van der Waals surface area contributed by atoms with Crippen molar-refractivity contribution in [1.82, 2.24) is 4.98 Å². The second kappa shape index (κ2) is 7.65. The van der Waals surface area contributed by atoms with Crippen LogP contribution in [0.25, 0.3) is 11.6 Å². The molecule has 0 unspecified atom stereocenters. The quantitative estimate of drug-likeness (QED) is 0.795. The number of methoxy groups -OCH3 is 1. The van der Waals surface area contributed by atoms with Gasteiger partial charge in [-0.05, 0) is 60.7 Å². The average Bonchev–Trinajstić information content (AvgIpc) is 2.67. The third-order valence-corrected chi connectivity index (χ3v) is 4.26. The lowest BCUT2D eigenvalue weighted by molar-refractivity contribution is 0.414. The number of pyridine rings is 1. The summed E-state index contributed by atoms with van der Waals surface area (Å²) in [5, 5.41) is 9.48. The van der Waals surface area contributed by atoms with Gasteiger partial charge in [-0.1, -0.05) is 12.1 Å². The smallest absolute Gasteiger partial charge is 0.128 e. The Morgan fingerprint density at radius 2 is 2.04 bits per heavy atom. The molecule has 0 radical (unpaired) electrons. The molecule has 1 fully saturated rings. The van der Waals surface area contributed by atoms with Crippen LogP contribution < -0.4 is 9.64 Å². The van der Waals surface area contributed by atoms with Crippen molar-refractivity contribution in [2.24, 2.45) is 0 Å². The molecule has 1 aliphatic heterocycles. The van der Waals surface area contributed by atoms with Gasteiger partial charge in [0.05, 0.1) is 18.8 Å². The van der Waals surface area contributed by atoms with E-state index in [-0.39, 0.29) is 0 Å². The molecule has 3 rings (SSSR count). The topological polar surface area (TPSA) is 49.1 Å². The Hall–Kier alpha value is -2.80. The lowest BCUT2D eigenvalue weighted by Crippen LogP contribution is -2.29. The first-order valence-electron chi connectivity index (χ1n) is 8.27. The van der Waals surface area contributed by atoms with E-state index in [0.717, 1.165) is 35.8 Å². The fourth-order valence-electron chi connectivity index (χ4n) is 2.93. The molecule has 0 bridgehead atoms. The zero-order valence-electron chi connectivity index (χ0n) is 13.9. The van der Waals surface area contributed by atoms with Crippen molar-refractivity contribution in [3.63, 3.8) is 0 Å². The minimum absolute atomic E-state index is 0.599. The van der Waals surface area contributed by atoms with Gasteiger partial charge in [0.1, 0.15) is 11.6 Å². The zero-order chi connectivity index (χ0) is 16.8. The Balaban J connectivity index is 1.81. The minimum Gasteiger partial charge on any atom is -0.497 e. The molecule has 2 aromatic rings. The van der Waals surface area contributed by atoms with E-state index in [1.807, 2.05) is 48.7 Å². The fourth-order valence-corrected chi connectivity index (χ4v) is 2.93. The lowest BCUT2D eigenvalue weighted by atomic mass is 10.0. The Kier molecular flexibility index (Phi) is 5.12. The molecule has 1 aromatic heterocycles. The molecule has 1 saturated heterocycles. The highest BCUT2D eigenvalue weighted by molar-refractivity contribution is 5.89. The summed E-state index contributed by atoms with van der Waals surface area (Å²) < 4.78 is 5.23. The molecule has 24 heavy (non-hydrogen) atoms. The summed E-state index contributed by atoms with van der Waals surface area (Å²) in [6.45, 7) is 2.16. The van der Waals surface area contributed by atoms with Crippen molar-refractivity contribution in [1.29, 1.82) is 5.26 Å². The number of hydrogen-bond acceptors (Lipinski definition) is 4. The summed E-state index contributed by atoms with van der Waals surface area (Å²) >= 11 is 0. The van der Waals surface area contributed by atoms with Crippen LogP contribution in [0, 0.1) is 11.3 Å². The van der Waals surface area contributed by atoms with Gasteiger partial charge in [0.25, 0.3) is 0 Å². The third kappa shape index (κ3) is 3.75. The monoisotopic (exact) mass is 319 g/mol. The molecule has 0 saturated carbocycles. The summed E-state index contributed by atoms with van der Waals surface area (Å²) in [6, 6.07) is 13.9. The molecule has 1 aliphatic rings. The number of nitrogens with zero attached hydrogens (tertiary/aromatic N) is 3. The van der Waals surface area contributed by atoms with Crippen molar-refractivity contribution in [3.05, 3.63) is 53.7 Å². The van der Waals surface area contributed by atoms with Crippen LogP contribution in [0.4, 0.5) is 5.82 Å². The number of hydrogen-bond donors (Lipinski definition) is 0. The molecular weight excluding hydrogens is 298 g/mol. The van der Waals surface area contributed by atoms with Crippen molar-refractivity contribution in [3.8, 4) is 11.8 Å². The van der Waals surface area contributed by atoms with E-state index in [0.29, 0.717) is 5.57 Å². The van der Waals surface area contributed by atoms with Crippen LogP contribution >= 0.6 is 0 Å². The van der Waals surface area contributed by atoms with E-state index < -0.39 is 0 Å². The van der Waals surface area contributed by atoms with Crippen LogP contribution in [0.5, 0.6) is 5.75 Å². The van der Waals surface area contributed by atoms with Crippen LogP contribution in [0.2, 0.25) is 0 Å². The summed E-state index contributed by atoms with van der Waals surface area (Å²) in [5.74, 6) is 1.76. The first-order chi connectivity index (χ1) is 11.8. The predicted octanol–water partition coefficient (Wildman–Crippen LogP) is 4.14. The predicted molar refractivity (Wildman–Crippen MR) is 96.8 cm³/mol. The van der Waals surface area contributed by atoms with Crippen LogP contribution in [0.1, 0.15) is 30.4 Å². The molecule has 2 heterocycles.